The average Bonchev–Trinajstić information content (AvgIpc) is 2.66. The first-order valence-electron chi connectivity index (χ1n) is 5.35. The zero-order valence-electron chi connectivity index (χ0n) is 9.31. The van der Waals surface area contributed by atoms with Crippen LogP contribution in [-0.4, -0.2) is 16.7 Å². The lowest BCUT2D eigenvalue weighted by molar-refractivity contribution is 0.375. The molecule has 2 N–H and O–H groups in total. The fourth-order valence-electron chi connectivity index (χ4n) is 1.59. The van der Waals surface area contributed by atoms with Gasteiger partial charge in [0.2, 0.25) is 5.89 Å². The molecule has 1 aromatic carbocycles. The van der Waals surface area contributed by atoms with Gasteiger partial charge in [-0.25, -0.2) is 0 Å². The van der Waals surface area contributed by atoms with Gasteiger partial charge >= 0.3 is 0 Å². The maximum atomic E-state index is 5.41. The number of aromatic nitrogens is 2. The molecule has 2 aromatic rings. The van der Waals surface area contributed by atoms with Gasteiger partial charge in [0.15, 0.2) is 5.82 Å². The van der Waals surface area contributed by atoms with E-state index in [1.807, 2.05) is 6.07 Å². The fraction of sp³-hybridized carbons (Fsp3) is 0.333. The zero-order valence-corrected chi connectivity index (χ0v) is 9.31. The lowest BCUT2D eigenvalue weighted by Gasteiger charge is -1.97. The highest BCUT2D eigenvalue weighted by molar-refractivity contribution is 5.24. The van der Waals surface area contributed by atoms with E-state index >= 15 is 0 Å². The number of rotatable bonds is 4. The largest absolute Gasteiger partial charge is 0.339 e. The highest BCUT2D eigenvalue weighted by Gasteiger charge is 2.06. The van der Waals surface area contributed by atoms with Crippen LogP contribution in [0.2, 0.25) is 0 Å². The van der Waals surface area contributed by atoms with Crippen molar-refractivity contribution in [2.75, 3.05) is 6.54 Å². The summed E-state index contributed by atoms with van der Waals surface area (Å²) in [4.78, 5) is 4.27. The lowest BCUT2D eigenvalue weighted by atomic mass is 10.1. The second kappa shape index (κ2) is 4.90. The third-order valence-electron chi connectivity index (χ3n) is 2.31. The highest BCUT2D eigenvalue weighted by atomic mass is 16.5. The highest BCUT2D eigenvalue weighted by Crippen LogP contribution is 2.09. The maximum absolute atomic E-state index is 5.41. The van der Waals surface area contributed by atoms with E-state index in [9.17, 15) is 0 Å². The summed E-state index contributed by atoms with van der Waals surface area (Å²) in [6.07, 6.45) is 1.34. The SMILES string of the molecule is Cc1cccc(Cc2noc(CCN)n2)c1. The smallest absolute Gasteiger partial charge is 0.227 e. The van der Waals surface area contributed by atoms with Crippen molar-refractivity contribution in [2.24, 2.45) is 5.73 Å². The molecule has 2 rings (SSSR count). The van der Waals surface area contributed by atoms with Crippen LogP contribution in [-0.2, 0) is 12.8 Å². The van der Waals surface area contributed by atoms with E-state index in [-0.39, 0.29) is 0 Å². The van der Waals surface area contributed by atoms with Crippen LogP contribution in [0.3, 0.4) is 0 Å². The first-order chi connectivity index (χ1) is 7.78. The van der Waals surface area contributed by atoms with Gasteiger partial charge in [-0.05, 0) is 12.5 Å². The summed E-state index contributed by atoms with van der Waals surface area (Å²) < 4.78 is 5.07. The molecule has 0 atom stereocenters. The molecule has 0 spiro atoms. The second-order valence-electron chi connectivity index (χ2n) is 3.81. The van der Waals surface area contributed by atoms with Gasteiger partial charge in [-0.3, -0.25) is 0 Å². The first kappa shape index (κ1) is 10.8. The standard InChI is InChI=1S/C12H15N3O/c1-9-3-2-4-10(7-9)8-11-14-12(5-6-13)16-15-11/h2-4,7H,5-6,8,13H2,1H3. The van der Waals surface area contributed by atoms with Gasteiger partial charge in [0.05, 0.1) is 0 Å². The summed E-state index contributed by atoms with van der Waals surface area (Å²) in [5, 5.41) is 3.92. The summed E-state index contributed by atoms with van der Waals surface area (Å²) in [6, 6.07) is 8.29. The summed E-state index contributed by atoms with van der Waals surface area (Å²) in [5.41, 5.74) is 7.85. The molecular weight excluding hydrogens is 202 g/mol. The fourth-order valence-corrected chi connectivity index (χ4v) is 1.59. The maximum Gasteiger partial charge on any atom is 0.227 e. The van der Waals surface area contributed by atoms with Crippen LogP contribution in [0, 0.1) is 6.92 Å². The Balaban J connectivity index is 2.08. The van der Waals surface area contributed by atoms with Crippen molar-refractivity contribution in [2.45, 2.75) is 19.8 Å². The Labute approximate surface area is 94.5 Å². The number of hydrogen-bond acceptors (Lipinski definition) is 4. The molecule has 84 valence electrons. The minimum absolute atomic E-state index is 0.534. The molecule has 0 aliphatic rings. The predicted molar refractivity (Wildman–Crippen MR) is 61.0 cm³/mol. The van der Waals surface area contributed by atoms with Gasteiger partial charge in [-0.1, -0.05) is 35.0 Å². The Morgan fingerprint density at radius 1 is 1.38 bits per heavy atom. The number of nitrogens with two attached hydrogens (primary N) is 1. The van der Waals surface area contributed by atoms with Crippen molar-refractivity contribution in [3.05, 3.63) is 47.1 Å². The van der Waals surface area contributed by atoms with Crippen LogP contribution in [0.15, 0.2) is 28.8 Å². The molecule has 1 aromatic heterocycles. The van der Waals surface area contributed by atoms with E-state index in [1.54, 1.807) is 0 Å². The van der Waals surface area contributed by atoms with Crippen molar-refractivity contribution < 1.29 is 4.52 Å². The number of aryl methyl sites for hydroxylation is 1. The molecule has 0 radical (unpaired) electrons. The minimum atomic E-state index is 0.534. The van der Waals surface area contributed by atoms with E-state index in [0.29, 0.717) is 31.1 Å². The van der Waals surface area contributed by atoms with Crippen LogP contribution >= 0.6 is 0 Å². The predicted octanol–water partition coefficient (Wildman–Crippen LogP) is 1.47. The van der Waals surface area contributed by atoms with Crippen LogP contribution in [0.5, 0.6) is 0 Å². The van der Waals surface area contributed by atoms with Gasteiger partial charge in [0.25, 0.3) is 0 Å². The van der Waals surface area contributed by atoms with E-state index in [4.69, 9.17) is 10.3 Å². The van der Waals surface area contributed by atoms with Gasteiger partial charge in [0, 0.05) is 19.4 Å². The topological polar surface area (TPSA) is 64.9 Å². The molecular formula is C12H15N3O. The molecule has 4 heteroatoms. The van der Waals surface area contributed by atoms with Crippen LogP contribution in [0.1, 0.15) is 22.8 Å². The molecule has 4 nitrogen and oxygen atoms in total. The van der Waals surface area contributed by atoms with Gasteiger partial charge < -0.3 is 10.3 Å². The molecule has 0 fully saturated rings. The molecule has 0 aliphatic carbocycles. The van der Waals surface area contributed by atoms with Crippen molar-refractivity contribution >= 4 is 0 Å². The molecule has 0 unspecified atom stereocenters. The quantitative estimate of drug-likeness (QED) is 0.842. The minimum Gasteiger partial charge on any atom is -0.339 e. The molecule has 0 amide bonds. The average molecular weight is 217 g/mol. The van der Waals surface area contributed by atoms with Crippen molar-refractivity contribution in [3.63, 3.8) is 0 Å². The molecule has 1 heterocycles. The Morgan fingerprint density at radius 3 is 3.00 bits per heavy atom. The van der Waals surface area contributed by atoms with E-state index in [1.165, 1.54) is 11.1 Å². The number of nitrogens with zero attached hydrogens (tertiary/aromatic N) is 2. The van der Waals surface area contributed by atoms with Crippen molar-refractivity contribution in [3.8, 4) is 0 Å². The Kier molecular flexibility index (Phi) is 3.31. The third kappa shape index (κ3) is 2.67. The van der Waals surface area contributed by atoms with Crippen molar-refractivity contribution in [1.29, 1.82) is 0 Å². The summed E-state index contributed by atoms with van der Waals surface area (Å²) in [7, 11) is 0. The summed E-state index contributed by atoms with van der Waals surface area (Å²) in [5.74, 6) is 1.33. The molecule has 16 heavy (non-hydrogen) atoms. The molecule has 0 bridgehead atoms. The first-order valence-corrected chi connectivity index (χ1v) is 5.35. The molecule has 0 aliphatic heterocycles. The summed E-state index contributed by atoms with van der Waals surface area (Å²) >= 11 is 0. The number of benzene rings is 1. The third-order valence-corrected chi connectivity index (χ3v) is 2.31. The normalized spacial score (nSPS) is 10.6. The van der Waals surface area contributed by atoms with E-state index in [2.05, 4.69) is 35.3 Å². The molecule has 0 saturated carbocycles. The van der Waals surface area contributed by atoms with E-state index in [0.717, 1.165) is 0 Å². The second-order valence-corrected chi connectivity index (χ2v) is 3.81. The lowest BCUT2D eigenvalue weighted by Crippen LogP contribution is -2.02. The van der Waals surface area contributed by atoms with E-state index < -0.39 is 0 Å². The van der Waals surface area contributed by atoms with Crippen LogP contribution in [0.4, 0.5) is 0 Å². The number of hydrogen-bond donors (Lipinski definition) is 1. The Morgan fingerprint density at radius 2 is 2.25 bits per heavy atom. The Hall–Kier alpha value is -1.68. The zero-order chi connectivity index (χ0) is 11.4. The van der Waals surface area contributed by atoms with Gasteiger partial charge in [0.1, 0.15) is 0 Å². The van der Waals surface area contributed by atoms with Gasteiger partial charge in [-0.2, -0.15) is 4.98 Å². The Bertz CT molecular complexity index is 465. The van der Waals surface area contributed by atoms with Crippen LogP contribution < -0.4 is 5.73 Å². The molecule has 0 saturated heterocycles. The van der Waals surface area contributed by atoms with Gasteiger partial charge in [-0.15, -0.1) is 0 Å². The monoisotopic (exact) mass is 217 g/mol. The van der Waals surface area contributed by atoms with Crippen molar-refractivity contribution in [1.82, 2.24) is 10.1 Å². The van der Waals surface area contributed by atoms with Crippen LogP contribution in [0.25, 0.3) is 0 Å². The summed E-state index contributed by atoms with van der Waals surface area (Å²) in [6.45, 7) is 2.60.